The Bertz CT molecular complexity index is 717. The first-order valence-electron chi connectivity index (χ1n) is 7.64. The molecular weight excluding hydrogens is 335 g/mol. The summed E-state index contributed by atoms with van der Waals surface area (Å²) >= 11 is 6.06. The second-order valence-corrected chi connectivity index (χ2v) is 5.89. The molecule has 0 aliphatic carbocycles. The molecule has 1 aromatic heterocycles. The van der Waals surface area contributed by atoms with Gasteiger partial charge in [-0.3, -0.25) is 4.79 Å². The van der Waals surface area contributed by atoms with Gasteiger partial charge in [-0.05, 0) is 25.0 Å². The number of alkyl halides is 1. The normalized spacial score (nSPS) is 11.0. The van der Waals surface area contributed by atoms with Crippen LogP contribution in [0.15, 0.2) is 35.3 Å². The maximum absolute atomic E-state index is 12.1. The Morgan fingerprint density at radius 2 is 1.83 bits per heavy atom. The van der Waals surface area contributed by atoms with Crippen LogP contribution in [0.1, 0.15) is 31.0 Å². The van der Waals surface area contributed by atoms with Crippen LogP contribution in [0.25, 0.3) is 0 Å². The molecule has 0 fully saturated rings. The fourth-order valence-corrected chi connectivity index (χ4v) is 2.23. The number of hydrogen-bond acceptors (Lipinski definition) is 4. The molecule has 24 heavy (non-hydrogen) atoms. The molecule has 0 unspecified atom stereocenters. The van der Waals surface area contributed by atoms with E-state index in [9.17, 15) is 9.18 Å². The monoisotopic (exact) mass is 354 g/mol. The molecule has 1 aromatic carbocycles. The predicted octanol–water partition coefficient (Wildman–Crippen LogP) is 3.54. The zero-order valence-corrected chi connectivity index (χ0v) is 14.4. The SMILES string of the molecule is CC(C)n1ncc(OCc2ccc(COCCF)cc2)c(Cl)c1=O. The summed E-state index contributed by atoms with van der Waals surface area (Å²) in [6, 6.07) is 7.45. The number of aromatic nitrogens is 2. The summed E-state index contributed by atoms with van der Waals surface area (Å²) < 4.78 is 24.0. The average Bonchev–Trinajstić information content (AvgIpc) is 2.57. The molecule has 130 valence electrons. The van der Waals surface area contributed by atoms with Gasteiger partial charge >= 0.3 is 0 Å². The van der Waals surface area contributed by atoms with Crippen LogP contribution in [0.5, 0.6) is 5.75 Å². The molecular formula is C17H20ClFN2O3. The Labute approximate surface area is 145 Å². The highest BCUT2D eigenvalue weighted by molar-refractivity contribution is 6.31. The van der Waals surface area contributed by atoms with Crippen molar-refractivity contribution < 1.29 is 13.9 Å². The minimum Gasteiger partial charge on any atom is -0.485 e. The minimum absolute atomic E-state index is 0.0231. The van der Waals surface area contributed by atoms with Gasteiger partial charge in [0, 0.05) is 0 Å². The van der Waals surface area contributed by atoms with E-state index in [1.54, 1.807) is 0 Å². The van der Waals surface area contributed by atoms with Gasteiger partial charge in [-0.1, -0.05) is 35.9 Å². The second-order valence-electron chi connectivity index (χ2n) is 5.51. The molecule has 0 atom stereocenters. The van der Waals surface area contributed by atoms with Crippen LogP contribution in [0.3, 0.4) is 0 Å². The van der Waals surface area contributed by atoms with Crippen LogP contribution in [0.4, 0.5) is 4.39 Å². The number of rotatable bonds is 8. The quantitative estimate of drug-likeness (QED) is 0.680. The van der Waals surface area contributed by atoms with E-state index in [1.807, 2.05) is 38.1 Å². The lowest BCUT2D eigenvalue weighted by atomic mass is 10.1. The van der Waals surface area contributed by atoms with Gasteiger partial charge < -0.3 is 9.47 Å². The highest BCUT2D eigenvalue weighted by atomic mass is 35.5. The Balaban J connectivity index is 1.98. The lowest BCUT2D eigenvalue weighted by molar-refractivity contribution is 0.106. The number of nitrogens with zero attached hydrogens (tertiary/aromatic N) is 2. The van der Waals surface area contributed by atoms with Crippen molar-refractivity contribution in [1.82, 2.24) is 9.78 Å². The lowest BCUT2D eigenvalue weighted by Gasteiger charge is -2.12. The van der Waals surface area contributed by atoms with Crippen molar-refractivity contribution in [3.63, 3.8) is 0 Å². The van der Waals surface area contributed by atoms with E-state index in [0.29, 0.717) is 6.61 Å². The van der Waals surface area contributed by atoms with Crippen LogP contribution >= 0.6 is 11.6 Å². The third kappa shape index (κ3) is 4.79. The molecule has 0 amide bonds. The topological polar surface area (TPSA) is 53.4 Å². The fraction of sp³-hybridized carbons (Fsp3) is 0.412. The van der Waals surface area contributed by atoms with Crippen molar-refractivity contribution in [2.75, 3.05) is 13.3 Å². The Kier molecular flexibility index (Phi) is 6.75. The smallest absolute Gasteiger partial charge is 0.289 e. The van der Waals surface area contributed by atoms with Gasteiger partial charge in [0.15, 0.2) is 10.8 Å². The molecule has 0 aliphatic heterocycles. The van der Waals surface area contributed by atoms with Gasteiger partial charge in [-0.2, -0.15) is 5.10 Å². The van der Waals surface area contributed by atoms with Crippen LogP contribution in [0, 0.1) is 0 Å². The van der Waals surface area contributed by atoms with Crippen molar-refractivity contribution in [2.24, 2.45) is 0 Å². The van der Waals surface area contributed by atoms with Crippen molar-refractivity contribution in [3.8, 4) is 5.75 Å². The van der Waals surface area contributed by atoms with Gasteiger partial charge in [0.25, 0.3) is 5.56 Å². The Hall–Kier alpha value is -1.92. The summed E-state index contributed by atoms with van der Waals surface area (Å²) in [6.45, 7) is 3.94. The van der Waals surface area contributed by atoms with E-state index in [-0.39, 0.29) is 35.6 Å². The number of hydrogen-bond donors (Lipinski definition) is 0. The predicted molar refractivity (Wildman–Crippen MR) is 90.3 cm³/mol. The third-order valence-electron chi connectivity index (χ3n) is 3.31. The fourth-order valence-electron chi connectivity index (χ4n) is 2.04. The maximum Gasteiger partial charge on any atom is 0.289 e. The van der Waals surface area contributed by atoms with Gasteiger partial charge in [0.2, 0.25) is 0 Å². The van der Waals surface area contributed by atoms with Gasteiger partial charge in [0.05, 0.1) is 25.5 Å². The molecule has 0 N–H and O–H groups in total. The molecule has 5 nitrogen and oxygen atoms in total. The van der Waals surface area contributed by atoms with E-state index in [4.69, 9.17) is 21.1 Å². The van der Waals surface area contributed by atoms with E-state index in [2.05, 4.69) is 5.10 Å². The first-order valence-corrected chi connectivity index (χ1v) is 8.02. The number of ether oxygens (including phenoxy) is 2. The molecule has 1 heterocycles. The number of benzene rings is 1. The molecule has 2 aromatic rings. The summed E-state index contributed by atoms with van der Waals surface area (Å²) in [6.07, 6.45) is 1.45. The van der Waals surface area contributed by atoms with Crippen LogP contribution in [-0.2, 0) is 18.0 Å². The highest BCUT2D eigenvalue weighted by Gasteiger charge is 2.12. The molecule has 0 saturated heterocycles. The summed E-state index contributed by atoms with van der Waals surface area (Å²) in [5, 5.41) is 4.08. The van der Waals surface area contributed by atoms with E-state index < -0.39 is 6.67 Å². The highest BCUT2D eigenvalue weighted by Crippen LogP contribution is 2.20. The summed E-state index contributed by atoms with van der Waals surface area (Å²) in [4.78, 5) is 12.1. The third-order valence-corrected chi connectivity index (χ3v) is 3.66. The van der Waals surface area contributed by atoms with Gasteiger partial charge in [-0.15, -0.1) is 0 Å². The Morgan fingerprint density at radius 3 is 2.42 bits per heavy atom. The Morgan fingerprint density at radius 1 is 1.21 bits per heavy atom. The van der Waals surface area contributed by atoms with E-state index in [0.717, 1.165) is 11.1 Å². The first kappa shape index (κ1) is 18.4. The summed E-state index contributed by atoms with van der Waals surface area (Å²) in [5.74, 6) is 0.258. The maximum atomic E-state index is 12.1. The zero-order valence-electron chi connectivity index (χ0n) is 13.7. The molecule has 0 saturated carbocycles. The van der Waals surface area contributed by atoms with Crippen molar-refractivity contribution in [3.05, 3.63) is 57.0 Å². The molecule has 0 aliphatic rings. The van der Waals surface area contributed by atoms with Crippen molar-refractivity contribution in [1.29, 1.82) is 0 Å². The number of halogens is 2. The molecule has 0 spiro atoms. The minimum atomic E-state index is -0.490. The van der Waals surface area contributed by atoms with Crippen LogP contribution in [0.2, 0.25) is 5.02 Å². The van der Waals surface area contributed by atoms with E-state index in [1.165, 1.54) is 10.9 Å². The van der Waals surface area contributed by atoms with E-state index >= 15 is 0 Å². The molecule has 2 rings (SSSR count). The standard InChI is InChI=1S/C17H20ClFN2O3/c1-12(2)21-17(22)16(18)15(9-20-21)24-11-14-5-3-13(4-6-14)10-23-8-7-19/h3-6,9,12H,7-8,10-11H2,1-2H3. The van der Waals surface area contributed by atoms with Crippen LogP contribution < -0.4 is 10.3 Å². The summed E-state index contributed by atoms with van der Waals surface area (Å²) in [5.41, 5.74) is 1.49. The largest absolute Gasteiger partial charge is 0.485 e. The van der Waals surface area contributed by atoms with Crippen molar-refractivity contribution in [2.45, 2.75) is 33.1 Å². The molecule has 0 radical (unpaired) electrons. The second kappa shape index (κ2) is 8.80. The summed E-state index contributed by atoms with van der Waals surface area (Å²) in [7, 11) is 0. The van der Waals surface area contributed by atoms with Gasteiger partial charge in [-0.25, -0.2) is 9.07 Å². The molecule has 0 bridgehead atoms. The van der Waals surface area contributed by atoms with Gasteiger partial charge in [0.1, 0.15) is 13.3 Å². The average molecular weight is 355 g/mol. The van der Waals surface area contributed by atoms with Crippen LogP contribution in [-0.4, -0.2) is 23.1 Å². The lowest BCUT2D eigenvalue weighted by Crippen LogP contribution is -2.25. The first-order chi connectivity index (χ1) is 11.5. The zero-order chi connectivity index (χ0) is 17.5. The van der Waals surface area contributed by atoms with Crippen molar-refractivity contribution >= 4 is 11.6 Å². The molecule has 7 heteroatoms.